The number of rotatable bonds is 1. The molecule has 0 N–H and O–H groups in total. The summed E-state index contributed by atoms with van der Waals surface area (Å²) >= 11 is 0. The monoisotopic (exact) mass is 339 g/mol. The molecule has 0 aromatic heterocycles. The zero-order valence-electron chi connectivity index (χ0n) is 15.9. The van der Waals surface area contributed by atoms with Gasteiger partial charge in [-0.15, -0.1) is 0 Å². The first-order valence-electron chi connectivity index (χ1n) is 9.71. The summed E-state index contributed by atoms with van der Waals surface area (Å²) in [7, 11) is 2.30. The summed E-state index contributed by atoms with van der Waals surface area (Å²) in [5.41, 5.74) is 4.13. The van der Waals surface area contributed by atoms with E-state index in [4.69, 9.17) is 9.47 Å². The molecule has 5 rings (SSSR count). The van der Waals surface area contributed by atoms with Crippen LogP contribution in [0.4, 0.5) is 0 Å². The molecule has 2 fully saturated rings. The molecule has 134 valence electrons. The van der Waals surface area contributed by atoms with E-state index in [0.29, 0.717) is 12.0 Å². The third-order valence-electron chi connectivity index (χ3n) is 6.94. The lowest BCUT2D eigenvalue weighted by Gasteiger charge is -2.58. The zero-order chi connectivity index (χ0) is 17.6. The minimum absolute atomic E-state index is 0.132. The topological polar surface area (TPSA) is 21.7 Å². The highest BCUT2D eigenvalue weighted by molar-refractivity contribution is 5.62. The summed E-state index contributed by atoms with van der Waals surface area (Å²) in [5.74, 6) is 2.62. The number of likely N-dealkylation sites (tertiary alicyclic amines) is 1. The second-order valence-corrected chi connectivity index (χ2v) is 9.49. The Morgan fingerprint density at radius 2 is 2.12 bits per heavy atom. The Balaban J connectivity index is 1.73. The first-order chi connectivity index (χ1) is 11.8. The van der Waals surface area contributed by atoms with Gasteiger partial charge in [-0.3, -0.25) is 0 Å². The molecular weight excluding hydrogens is 310 g/mol. The number of likely N-dealkylation sites (N-methyl/N-ethyl adjacent to an activating group) is 1. The predicted octanol–water partition coefficient (Wildman–Crippen LogP) is 4.09. The van der Waals surface area contributed by atoms with E-state index < -0.39 is 0 Å². The van der Waals surface area contributed by atoms with Gasteiger partial charge >= 0.3 is 0 Å². The first kappa shape index (κ1) is 15.7. The van der Waals surface area contributed by atoms with E-state index in [9.17, 15) is 0 Å². The summed E-state index contributed by atoms with van der Waals surface area (Å²) in [6, 6.07) is 5.07. The van der Waals surface area contributed by atoms with E-state index in [1.165, 1.54) is 29.5 Å². The summed E-state index contributed by atoms with van der Waals surface area (Å²) in [6.07, 6.45) is 4.80. The second kappa shape index (κ2) is 4.82. The standard InChI is InChI=1S/C22H29NO2/c1-13-6-8-15-16-12-14-7-9-17(25-21(2,3)4)19-18(14)22(15,20(13)24-19)10-11-23(16)5/h7,9,15-16,20H,1,6,8,10-12H2,2-5H3/t15-,16+,20-,22-/m0/s1. The predicted molar refractivity (Wildman–Crippen MR) is 99.5 cm³/mol. The largest absolute Gasteiger partial charge is 0.484 e. The van der Waals surface area contributed by atoms with Crippen LogP contribution in [-0.4, -0.2) is 36.2 Å². The van der Waals surface area contributed by atoms with E-state index in [1.54, 1.807) is 0 Å². The SMILES string of the molecule is C=C1CC[C@H]2[C@H]3Cc4ccc(OC(C)(C)C)c5c4[C@@]2(CCN3C)[C@H]1O5. The lowest BCUT2D eigenvalue weighted by Crippen LogP contribution is -2.63. The van der Waals surface area contributed by atoms with Gasteiger partial charge in [0.2, 0.25) is 0 Å². The molecule has 1 aromatic carbocycles. The fourth-order valence-corrected chi connectivity index (χ4v) is 6.06. The molecule has 25 heavy (non-hydrogen) atoms. The van der Waals surface area contributed by atoms with E-state index in [0.717, 1.165) is 30.9 Å². The van der Waals surface area contributed by atoms with Gasteiger partial charge in [-0.25, -0.2) is 0 Å². The lowest BCUT2D eigenvalue weighted by molar-refractivity contribution is -0.0216. The van der Waals surface area contributed by atoms with Crippen molar-refractivity contribution in [3.63, 3.8) is 0 Å². The molecule has 1 spiro atoms. The molecular formula is C22H29NO2. The third-order valence-corrected chi connectivity index (χ3v) is 6.94. The van der Waals surface area contributed by atoms with Crippen LogP contribution in [0.3, 0.4) is 0 Å². The van der Waals surface area contributed by atoms with Crippen molar-refractivity contribution in [2.24, 2.45) is 5.92 Å². The van der Waals surface area contributed by atoms with Gasteiger partial charge in [0.05, 0.1) is 0 Å². The number of nitrogens with zero attached hydrogens (tertiary/aromatic N) is 1. The summed E-state index contributed by atoms with van der Waals surface area (Å²) < 4.78 is 13.0. The summed E-state index contributed by atoms with van der Waals surface area (Å²) in [5, 5.41) is 0. The smallest absolute Gasteiger partial charge is 0.166 e. The average Bonchev–Trinajstić information content (AvgIpc) is 2.88. The maximum absolute atomic E-state index is 6.66. The number of piperidine rings is 1. The first-order valence-corrected chi connectivity index (χ1v) is 9.71. The van der Waals surface area contributed by atoms with Gasteiger partial charge in [-0.05, 0) is 83.2 Å². The molecule has 0 unspecified atom stereocenters. The molecule has 4 aliphatic rings. The second-order valence-electron chi connectivity index (χ2n) is 9.49. The van der Waals surface area contributed by atoms with Gasteiger partial charge in [0, 0.05) is 17.0 Å². The quantitative estimate of drug-likeness (QED) is 0.719. The molecule has 2 aliphatic carbocycles. The van der Waals surface area contributed by atoms with Crippen molar-refractivity contribution in [3.05, 3.63) is 35.4 Å². The van der Waals surface area contributed by atoms with Crippen LogP contribution in [0.15, 0.2) is 24.3 Å². The van der Waals surface area contributed by atoms with Gasteiger partial charge in [0.25, 0.3) is 0 Å². The Morgan fingerprint density at radius 1 is 1.32 bits per heavy atom. The summed E-state index contributed by atoms with van der Waals surface area (Å²) in [6.45, 7) is 11.9. The number of benzene rings is 1. The van der Waals surface area contributed by atoms with Crippen molar-refractivity contribution in [2.45, 2.75) is 69.6 Å². The van der Waals surface area contributed by atoms with Crippen molar-refractivity contribution in [1.29, 1.82) is 0 Å². The van der Waals surface area contributed by atoms with Crippen LogP contribution < -0.4 is 9.47 Å². The van der Waals surface area contributed by atoms with Crippen molar-refractivity contribution in [3.8, 4) is 11.5 Å². The molecule has 3 heteroatoms. The highest BCUT2D eigenvalue weighted by Crippen LogP contribution is 2.64. The summed E-state index contributed by atoms with van der Waals surface area (Å²) in [4.78, 5) is 2.58. The van der Waals surface area contributed by atoms with Gasteiger partial charge in [-0.2, -0.15) is 0 Å². The Morgan fingerprint density at radius 3 is 2.88 bits per heavy atom. The minimum Gasteiger partial charge on any atom is -0.484 e. The molecule has 2 aliphatic heterocycles. The molecule has 1 saturated carbocycles. The van der Waals surface area contributed by atoms with Gasteiger partial charge in [0.15, 0.2) is 11.5 Å². The van der Waals surface area contributed by atoms with E-state index >= 15 is 0 Å². The van der Waals surface area contributed by atoms with Crippen molar-refractivity contribution in [2.75, 3.05) is 13.6 Å². The molecule has 0 radical (unpaired) electrons. The van der Waals surface area contributed by atoms with Crippen molar-refractivity contribution < 1.29 is 9.47 Å². The average molecular weight is 339 g/mol. The Bertz CT molecular complexity index is 762. The highest BCUT2D eigenvalue weighted by atomic mass is 16.5. The van der Waals surface area contributed by atoms with Crippen molar-refractivity contribution in [1.82, 2.24) is 4.90 Å². The van der Waals surface area contributed by atoms with Crippen LogP contribution in [0.1, 0.15) is 51.2 Å². The van der Waals surface area contributed by atoms with E-state index in [2.05, 4.69) is 51.4 Å². The molecule has 3 nitrogen and oxygen atoms in total. The molecule has 1 aromatic rings. The molecule has 1 saturated heterocycles. The number of ether oxygens (including phenoxy) is 2. The van der Waals surface area contributed by atoms with Crippen LogP contribution >= 0.6 is 0 Å². The fourth-order valence-electron chi connectivity index (χ4n) is 6.06. The van der Waals surface area contributed by atoms with Crippen LogP contribution in [0, 0.1) is 5.92 Å². The fraction of sp³-hybridized carbons (Fsp3) is 0.636. The Kier molecular flexibility index (Phi) is 3.04. The number of hydrogen-bond acceptors (Lipinski definition) is 3. The third kappa shape index (κ3) is 1.96. The molecule has 4 atom stereocenters. The Labute approximate surface area is 151 Å². The van der Waals surface area contributed by atoms with Crippen molar-refractivity contribution >= 4 is 0 Å². The van der Waals surface area contributed by atoms with E-state index in [1.807, 2.05) is 0 Å². The highest BCUT2D eigenvalue weighted by Gasteiger charge is 2.64. The maximum atomic E-state index is 6.66. The van der Waals surface area contributed by atoms with Gasteiger partial charge in [0.1, 0.15) is 11.7 Å². The maximum Gasteiger partial charge on any atom is 0.166 e. The van der Waals surface area contributed by atoms with Crippen LogP contribution in [0.5, 0.6) is 11.5 Å². The number of hydrogen-bond donors (Lipinski definition) is 0. The minimum atomic E-state index is -0.222. The van der Waals surface area contributed by atoms with Crippen LogP contribution in [0.2, 0.25) is 0 Å². The van der Waals surface area contributed by atoms with Crippen LogP contribution in [0.25, 0.3) is 0 Å². The molecule has 2 bridgehead atoms. The Hall–Kier alpha value is -1.48. The molecule has 0 amide bonds. The van der Waals surface area contributed by atoms with Gasteiger partial charge < -0.3 is 14.4 Å². The normalized spacial score (nSPS) is 36.0. The molecule has 2 heterocycles. The van der Waals surface area contributed by atoms with Crippen LogP contribution in [-0.2, 0) is 11.8 Å². The lowest BCUT2D eigenvalue weighted by atomic mass is 9.51. The van der Waals surface area contributed by atoms with Gasteiger partial charge in [-0.1, -0.05) is 12.6 Å². The van der Waals surface area contributed by atoms with E-state index in [-0.39, 0.29) is 17.1 Å². The zero-order valence-corrected chi connectivity index (χ0v) is 15.9.